The molecule has 0 atom stereocenters. The van der Waals surface area contributed by atoms with Crippen molar-refractivity contribution in [2.24, 2.45) is 5.92 Å². The van der Waals surface area contributed by atoms with Gasteiger partial charge in [0.05, 0.1) is 16.9 Å². The molecule has 156 valence electrons. The molecule has 1 aliphatic rings. The van der Waals surface area contributed by atoms with Gasteiger partial charge in [0.25, 0.3) is 5.56 Å². The number of nitrogens with zero attached hydrogens (tertiary/aromatic N) is 3. The first-order valence-electron chi connectivity index (χ1n) is 11.0. The second kappa shape index (κ2) is 8.03. The minimum Gasteiger partial charge on any atom is -0.374 e. The van der Waals surface area contributed by atoms with Crippen molar-refractivity contribution in [3.63, 3.8) is 0 Å². The summed E-state index contributed by atoms with van der Waals surface area (Å²) in [4.78, 5) is 20.9. The van der Waals surface area contributed by atoms with Crippen molar-refractivity contribution in [2.75, 3.05) is 18.5 Å². The maximum Gasteiger partial charge on any atom is 0.262 e. The van der Waals surface area contributed by atoms with E-state index in [9.17, 15) is 4.79 Å². The maximum atomic E-state index is 13.9. The summed E-state index contributed by atoms with van der Waals surface area (Å²) < 4.78 is 1.84. The summed E-state index contributed by atoms with van der Waals surface area (Å²) in [7, 11) is 2.11. The SMILES string of the molecule is Cc1nc2ccc(N(C)CC3CC3)cc2c(=O)n1C(c1ccccc1)c1ccccc1. The van der Waals surface area contributed by atoms with Crippen LogP contribution in [-0.4, -0.2) is 23.1 Å². The summed E-state index contributed by atoms with van der Waals surface area (Å²) in [5.41, 5.74) is 3.97. The quantitative estimate of drug-likeness (QED) is 0.440. The first-order chi connectivity index (χ1) is 15.1. The molecule has 0 amide bonds. The molecule has 1 heterocycles. The van der Waals surface area contributed by atoms with Crippen LogP contribution in [0.25, 0.3) is 10.9 Å². The topological polar surface area (TPSA) is 38.1 Å². The van der Waals surface area contributed by atoms with Gasteiger partial charge in [0.2, 0.25) is 0 Å². The molecular formula is C27H27N3O. The highest BCUT2D eigenvalue weighted by Gasteiger charge is 2.24. The van der Waals surface area contributed by atoms with Gasteiger partial charge in [-0.15, -0.1) is 0 Å². The van der Waals surface area contributed by atoms with Crippen molar-refractivity contribution in [2.45, 2.75) is 25.8 Å². The zero-order valence-corrected chi connectivity index (χ0v) is 18.0. The number of benzene rings is 3. The van der Waals surface area contributed by atoms with Gasteiger partial charge in [-0.05, 0) is 55.0 Å². The third kappa shape index (κ3) is 3.86. The molecule has 3 aromatic carbocycles. The average molecular weight is 410 g/mol. The van der Waals surface area contributed by atoms with Gasteiger partial charge in [-0.1, -0.05) is 60.7 Å². The molecule has 0 saturated heterocycles. The lowest BCUT2D eigenvalue weighted by atomic mass is 9.98. The zero-order chi connectivity index (χ0) is 21.4. The highest BCUT2D eigenvalue weighted by molar-refractivity contribution is 5.82. The lowest BCUT2D eigenvalue weighted by Crippen LogP contribution is -2.30. The Kier molecular flexibility index (Phi) is 5.06. The number of rotatable bonds is 6. The van der Waals surface area contributed by atoms with Gasteiger partial charge in [0, 0.05) is 19.3 Å². The van der Waals surface area contributed by atoms with E-state index < -0.39 is 0 Å². The molecule has 1 saturated carbocycles. The number of aryl methyl sites for hydroxylation is 1. The van der Waals surface area contributed by atoms with Crippen LogP contribution in [0.1, 0.15) is 35.8 Å². The summed E-state index contributed by atoms with van der Waals surface area (Å²) in [6.45, 7) is 2.96. The molecule has 1 aromatic heterocycles. The van der Waals surface area contributed by atoms with E-state index in [0.717, 1.165) is 34.8 Å². The normalized spacial score (nSPS) is 13.6. The Hall–Kier alpha value is -3.40. The van der Waals surface area contributed by atoms with Crippen molar-refractivity contribution in [3.05, 3.63) is 106 Å². The van der Waals surface area contributed by atoms with Gasteiger partial charge in [-0.2, -0.15) is 0 Å². The van der Waals surface area contributed by atoms with Crippen LogP contribution in [0.2, 0.25) is 0 Å². The minimum absolute atomic E-state index is 0.00174. The maximum absolute atomic E-state index is 13.9. The lowest BCUT2D eigenvalue weighted by molar-refractivity contribution is 0.619. The van der Waals surface area contributed by atoms with Crippen LogP contribution in [0.3, 0.4) is 0 Å². The molecule has 0 spiro atoms. The summed E-state index contributed by atoms with van der Waals surface area (Å²) in [6.07, 6.45) is 2.61. The molecule has 0 N–H and O–H groups in total. The smallest absolute Gasteiger partial charge is 0.262 e. The number of fused-ring (bicyclic) bond motifs is 1. The van der Waals surface area contributed by atoms with Crippen molar-refractivity contribution >= 4 is 16.6 Å². The molecule has 1 aliphatic carbocycles. The molecule has 0 aliphatic heterocycles. The first kappa shape index (κ1) is 19.6. The summed E-state index contributed by atoms with van der Waals surface area (Å²) in [5.74, 6) is 1.50. The van der Waals surface area contributed by atoms with Gasteiger partial charge in [0.15, 0.2) is 0 Å². The van der Waals surface area contributed by atoms with Crippen LogP contribution in [0.4, 0.5) is 5.69 Å². The Morgan fingerprint density at radius 2 is 1.58 bits per heavy atom. The Morgan fingerprint density at radius 3 is 2.16 bits per heavy atom. The van der Waals surface area contributed by atoms with E-state index in [2.05, 4.69) is 42.3 Å². The Labute approximate surface area is 182 Å². The number of aromatic nitrogens is 2. The molecule has 5 rings (SSSR count). The fraction of sp³-hybridized carbons (Fsp3) is 0.259. The molecule has 31 heavy (non-hydrogen) atoms. The predicted molar refractivity (Wildman–Crippen MR) is 127 cm³/mol. The standard InChI is InChI=1S/C27H27N3O/c1-19-28-25-16-15-23(29(2)18-20-13-14-20)17-24(25)27(31)30(19)26(21-9-5-3-6-10-21)22-11-7-4-8-12-22/h3-12,15-17,20,26H,13-14,18H2,1-2H3. The van der Waals surface area contributed by atoms with E-state index in [0.29, 0.717) is 11.2 Å². The second-order valence-corrected chi connectivity index (χ2v) is 8.58. The van der Waals surface area contributed by atoms with Gasteiger partial charge in [-0.3, -0.25) is 9.36 Å². The fourth-order valence-electron chi connectivity index (χ4n) is 4.39. The number of hydrogen-bond donors (Lipinski definition) is 0. The Bertz CT molecular complexity index is 1220. The Morgan fingerprint density at radius 1 is 0.968 bits per heavy atom. The average Bonchev–Trinajstić information content (AvgIpc) is 3.61. The summed E-state index contributed by atoms with van der Waals surface area (Å²) in [6, 6.07) is 26.2. The van der Waals surface area contributed by atoms with E-state index in [1.54, 1.807) is 0 Å². The molecule has 0 radical (unpaired) electrons. The third-order valence-corrected chi connectivity index (χ3v) is 6.22. The molecule has 4 heteroatoms. The van der Waals surface area contributed by atoms with Crippen molar-refractivity contribution in [1.82, 2.24) is 9.55 Å². The molecule has 1 fully saturated rings. The van der Waals surface area contributed by atoms with E-state index in [1.165, 1.54) is 12.8 Å². The summed E-state index contributed by atoms with van der Waals surface area (Å²) in [5, 5.41) is 0.669. The molecule has 0 bridgehead atoms. The van der Waals surface area contributed by atoms with Crippen LogP contribution in [0.5, 0.6) is 0 Å². The van der Waals surface area contributed by atoms with Crippen molar-refractivity contribution in [3.8, 4) is 0 Å². The van der Waals surface area contributed by atoms with E-state index >= 15 is 0 Å². The monoisotopic (exact) mass is 409 g/mol. The Balaban J connectivity index is 1.68. The lowest BCUT2D eigenvalue weighted by Gasteiger charge is -2.24. The highest BCUT2D eigenvalue weighted by atomic mass is 16.1. The second-order valence-electron chi connectivity index (χ2n) is 8.58. The van der Waals surface area contributed by atoms with Crippen molar-refractivity contribution in [1.29, 1.82) is 0 Å². The molecular weight excluding hydrogens is 382 g/mol. The fourth-order valence-corrected chi connectivity index (χ4v) is 4.39. The van der Waals surface area contributed by atoms with Gasteiger partial charge in [-0.25, -0.2) is 4.98 Å². The van der Waals surface area contributed by atoms with Gasteiger partial charge >= 0.3 is 0 Å². The molecule has 4 nitrogen and oxygen atoms in total. The van der Waals surface area contributed by atoms with Crippen LogP contribution < -0.4 is 10.5 Å². The van der Waals surface area contributed by atoms with Crippen LogP contribution in [0.15, 0.2) is 83.7 Å². The van der Waals surface area contributed by atoms with E-state index in [4.69, 9.17) is 4.98 Å². The van der Waals surface area contributed by atoms with Gasteiger partial charge in [0.1, 0.15) is 5.82 Å². The first-order valence-corrected chi connectivity index (χ1v) is 11.0. The number of hydrogen-bond acceptors (Lipinski definition) is 3. The minimum atomic E-state index is -0.223. The van der Waals surface area contributed by atoms with Crippen LogP contribution in [-0.2, 0) is 0 Å². The van der Waals surface area contributed by atoms with Crippen LogP contribution >= 0.6 is 0 Å². The highest BCUT2D eigenvalue weighted by Crippen LogP contribution is 2.32. The van der Waals surface area contributed by atoms with E-state index in [-0.39, 0.29) is 11.6 Å². The van der Waals surface area contributed by atoms with Crippen LogP contribution in [0, 0.1) is 12.8 Å². The van der Waals surface area contributed by atoms with Crippen molar-refractivity contribution < 1.29 is 0 Å². The van der Waals surface area contributed by atoms with E-state index in [1.807, 2.05) is 60.0 Å². The number of anilines is 1. The molecule has 4 aromatic rings. The zero-order valence-electron chi connectivity index (χ0n) is 18.0. The largest absolute Gasteiger partial charge is 0.374 e. The van der Waals surface area contributed by atoms with Gasteiger partial charge < -0.3 is 4.90 Å². The third-order valence-electron chi connectivity index (χ3n) is 6.22. The molecule has 0 unspecified atom stereocenters. The summed E-state index contributed by atoms with van der Waals surface area (Å²) >= 11 is 0. The predicted octanol–water partition coefficient (Wildman–Crippen LogP) is 5.19.